The van der Waals surface area contributed by atoms with Crippen molar-refractivity contribution in [1.29, 1.82) is 0 Å². The summed E-state index contributed by atoms with van der Waals surface area (Å²) in [5.74, 6) is 0.246. The normalized spacial score (nSPS) is 27.0. The molecule has 24 heavy (non-hydrogen) atoms. The van der Waals surface area contributed by atoms with Gasteiger partial charge in [0.05, 0.1) is 20.3 Å². The Morgan fingerprint density at radius 1 is 1.46 bits per heavy atom. The van der Waals surface area contributed by atoms with Gasteiger partial charge in [-0.2, -0.15) is 0 Å². The standard InChI is InChI=1S/C18H25NO5/c1-22-10-14-7-13(3-4-16(14)23-2)8-19-9-15-5-6-24-12-18(15,11-19)17(20)21/h3-4,7,15H,5-6,8-12H2,1-2H3,(H,20,21)/t15-,18+/m0/s1. The molecule has 0 unspecified atom stereocenters. The lowest BCUT2D eigenvalue weighted by Crippen LogP contribution is -2.46. The van der Waals surface area contributed by atoms with Gasteiger partial charge in [-0.05, 0) is 30.0 Å². The molecule has 0 spiro atoms. The molecule has 2 atom stereocenters. The van der Waals surface area contributed by atoms with Crippen LogP contribution in [0.4, 0.5) is 0 Å². The highest BCUT2D eigenvalue weighted by atomic mass is 16.5. The third-order valence-electron chi connectivity index (χ3n) is 5.21. The molecular weight excluding hydrogens is 310 g/mol. The highest BCUT2D eigenvalue weighted by molar-refractivity contribution is 5.76. The molecule has 0 aliphatic carbocycles. The molecular formula is C18H25NO5. The highest BCUT2D eigenvalue weighted by Gasteiger charge is 2.53. The van der Waals surface area contributed by atoms with E-state index in [0.29, 0.717) is 26.4 Å². The molecule has 2 fully saturated rings. The van der Waals surface area contributed by atoms with Crippen LogP contribution in [0.1, 0.15) is 17.5 Å². The van der Waals surface area contributed by atoms with Gasteiger partial charge in [-0.1, -0.05) is 6.07 Å². The molecule has 1 N–H and O–H groups in total. The van der Waals surface area contributed by atoms with E-state index in [0.717, 1.165) is 36.4 Å². The van der Waals surface area contributed by atoms with E-state index >= 15 is 0 Å². The number of rotatable bonds is 6. The molecule has 6 heteroatoms. The summed E-state index contributed by atoms with van der Waals surface area (Å²) in [4.78, 5) is 14.1. The molecule has 2 aliphatic rings. The van der Waals surface area contributed by atoms with Crippen LogP contribution >= 0.6 is 0 Å². The van der Waals surface area contributed by atoms with E-state index in [1.54, 1.807) is 14.2 Å². The number of benzene rings is 1. The summed E-state index contributed by atoms with van der Waals surface area (Å²) < 4.78 is 16.1. The van der Waals surface area contributed by atoms with Crippen LogP contribution in [-0.2, 0) is 27.4 Å². The molecule has 1 aromatic rings. The number of nitrogens with zero attached hydrogens (tertiary/aromatic N) is 1. The van der Waals surface area contributed by atoms with Crippen molar-refractivity contribution >= 4 is 5.97 Å². The number of aliphatic carboxylic acids is 1. The molecule has 0 bridgehead atoms. The lowest BCUT2D eigenvalue weighted by Gasteiger charge is -2.34. The van der Waals surface area contributed by atoms with E-state index in [1.165, 1.54) is 0 Å². The second-order valence-corrected chi connectivity index (χ2v) is 6.75. The summed E-state index contributed by atoms with van der Waals surface area (Å²) in [6.45, 7) is 3.55. The average molecular weight is 335 g/mol. The van der Waals surface area contributed by atoms with Crippen LogP contribution < -0.4 is 4.74 Å². The van der Waals surface area contributed by atoms with Crippen molar-refractivity contribution in [3.63, 3.8) is 0 Å². The molecule has 6 nitrogen and oxygen atoms in total. The van der Waals surface area contributed by atoms with Gasteiger partial charge in [0.2, 0.25) is 0 Å². The lowest BCUT2D eigenvalue weighted by atomic mass is 9.76. The zero-order valence-electron chi connectivity index (χ0n) is 14.3. The van der Waals surface area contributed by atoms with Gasteiger partial charge in [-0.3, -0.25) is 9.69 Å². The summed E-state index contributed by atoms with van der Waals surface area (Å²) in [6.07, 6.45) is 0.820. The first-order valence-electron chi connectivity index (χ1n) is 8.27. The maximum atomic E-state index is 11.8. The van der Waals surface area contributed by atoms with Gasteiger partial charge in [-0.25, -0.2) is 0 Å². The van der Waals surface area contributed by atoms with Crippen LogP contribution in [0.5, 0.6) is 5.75 Å². The van der Waals surface area contributed by atoms with Gasteiger partial charge < -0.3 is 19.3 Å². The van der Waals surface area contributed by atoms with E-state index in [2.05, 4.69) is 11.0 Å². The summed E-state index contributed by atoms with van der Waals surface area (Å²) >= 11 is 0. The van der Waals surface area contributed by atoms with E-state index in [-0.39, 0.29) is 5.92 Å². The Bertz CT molecular complexity index is 605. The summed E-state index contributed by atoms with van der Waals surface area (Å²) in [5.41, 5.74) is 1.40. The third-order valence-corrected chi connectivity index (χ3v) is 5.21. The Labute approximate surface area is 142 Å². The van der Waals surface area contributed by atoms with Crippen molar-refractivity contribution in [1.82, 2.24) is 4.90 Å². The molecule has 2 aliphatic heterocycles. The zero-order valence-corrected chi connectivity index (χ0v) is 14.3. The summed E-state index contributed by atoms with van der Waals surface area (Å²) in [6, 6.07) is 6.06. The van der Waals surface area contributed by atoms with Crippen molar-refractivity contribution in [2.24, 2.45) is 11.3 Å². The van der Waals surface area contributed by atoms with Crippen molar-refractivity contribution < 1.29 is 24.1 Å². The summed E-state index contributed by atoms with van der Waals surface area (Å²) in [7, 11) is 3.31. The van der Waals surface area contributed by atoms with E-state index in [9.17, 15) is 9.90 Å². The van der Waals surface area contributed by atoms with Gasteiger partial charge in [0, 0.05) is 38.9 Å². The molecule has 3 rings (SSSR count). The second-order valence-electron chi connectivity index (χ2n) is 6.75. The molecule has 1 aromatic carbocycles. The molecule has 132 valence electrons. The fourth-order valence-corrected chi connectivity index (χ4v) is 3.97. The van der Waals surface area contributed by atoms with Crippen LogP contribution in [-0.4, -0.2) is 56.5 Å². The van der Waals surface area contributed by atoms with Crippen molar-refractivity contribution in [2.45, 2.75) is 19.6 Å². The monoisotopic (exact) mass is 335 g/mol. The van der Waals surface area contributed by atoms with Crippen LogP contribution in [0.15, 0.2) is 18.2 Å². The Balaban J connectivity index is 1.75. The average Bonchev–Trinajstić information content (AvgIpc) is 2.95. The van der Waals surface area contributed by atoms with Crippen LogP contribution in [0.25, 0.3) is 0 Å². The minimum Gasteiger partial charge on any atom is -0.496 e. The third kappa shape index (κ3) is 3.14. The SMILES string of the molecule is COCc1cc(CN2C[C@@H]3CCOC[C@]3(C(=O)O)C2)ccc1OC. The van der Waals surface area contributed by atoms with E-state index in [4.69, 9.17) is 14.2 Å². The maximum Gasteiger partial charge on any atom is 0.313 e. The quantitative estimate of drug-likeness (QED) is 0.854. The molecule has 0 aromatic heterocycles. The minimum absolute atomic E-state index is 0.167. The molecule has 0 saturated carbocycles. The predicted octanol–water partition coefficient (Wildman–Crippen LogP) is 1.76. The Hall–Kier alpha value is -1.63. The van der Waals surface area contributed by atoms with Gasteiger partial charge in [0.25, 0.3) is 0 Å². The number of likely N-dealkylation sites (tertiary alicyclic amines) is 1. The first-order valence-corrected chi connectivity index (χ1v) is 8.27. The Morgan fingerprint density at radius 3 is 2.96 bits per heavy atom. The molecule has 2 saturated heterocycles. The first kappa shape index (κ1) is 17.2. The largest absolute Gasteiger partial charge is 0.496 e. The number of fused-ring (bicyclic) bond motifs is 1. The number of methoxy groups -OCH3 is 2. The zero-order chi connectivity index (χ0) is 17.2. The van der Waals surface area contributed by atoms with Crippen molar-refractivity contribution in [3.8, 4) is 5.75 Å². The Morgan fingerprint density at radius 2 is 2.29 bits per heavy atom. The minimum atomic E-state index is -0.750. The fraction of sp³-hybridized carbons (Fsp3) is 0.611. The topological polar surface area (TPSA) is 68.2 Å². The van der Waals surface area contributed by atoms with Crippen LogP contribution in [0.3, 0.4) is 0 Å². The molecule has 0 radical (unpaired) electrons. The number of hydrogen-bond donors (Lipinski definition) is 1. The first-order chi connectivity index (χ1) is 11.6. The second kappa shape index (κ2) is 7.09. The number of carboxylic acid groups (broad SMARTS) is 1. The molecule has 2 heterocycles. The van der Waals surface area contributed by atoms with Gasteiger partial charge in [-0.15, -0.1) is 0 Å². The van der Waals surface area contributed by atoms with Crippen molar-refractivity contribution in [3.05, 3.63) is 29.3 Å². The predicted molar refractivity (Wildman–Crippen MR) is 88.0 cm³/mol. The van der Waals surface area contributed by atoms with Gasteiger partial charge in [0.1, 0.15) is 11.2 Å². The van der Waals surface area contributed by atoms with E-state index < -0.39 is 11.4 Å². The van der Waals surface area contributed by atoms with Gasteiger partial charge >= 0.3 is 5.97 Å². The molecule has 0 amide bonds. The van der Waals surface area contributed by atoms with Crippen molar-refractivity contribution in [2.75, 3.05) is 40.5 Å². The number of ether oxygens (including phenoxy) is 3. The number of carboxylic acids is 1. The number of hydrogen-bond acceptors (Lipinski definition) is 5. The van der Waals surface area contributed by atoms with Gasteiger partial charge in [0.15, 0.2) is 0 Å². The fourth-order valence-electron chi connectivity index (χ4n) is 3.97. The summed E-state index contributed by atoms with van der Waals surface area (Å²) in [5, 5.41) is 9.73. The number of carbonyl (C=O) groups is 1. The van der Waals surface area contributed by atoms with Crippen LogP contribution in [0.2, 0.25) is 0 Å². The smallest absolute Gasteiger partial charge is 0.313 e. The lowest BCUT2D eigenvalue weighted by molar-refractivity contribution is -0.159. The highest BCUT2D eigenvalue weighted by Crippen LogP contribution is 2.42. The van der Waals surface area contributed by atoms with Crippen LogP contribution in [0, 0.1) is 11.3 Å². The Kier molecular flexibility index (Phi) is 5.08. The maximum absolute atomic E-state index is 11.8. The van der Waals surface area contributed by atoms with E-state index in [1.807, 2.05) is 12.1 Å².